The number of furan rings is 1. The maximum atomic E-state index is 11.7. The molecule has 0 saturated carbocycles. The van der Waals surface area contributed by atoms with Gasteiger partial charge in [0, 0.05) is 15.7 Å². The van der Waals surface area contributed by atoms with Gasteiger partial charge in [0.1, 0.15) is 0 Å². The van der Waals surface area contributed by atoms with Crippen LogP contribution in [0, 0.1) is 13.8 Å². The first-order chi connectivity index (χ1) is 9.97. The Bertz CT molecular complexity index is 678. The minimum absolute atomic E-state index is 0.113. The van der Waals surface area contributed by atoms with Gasteiger partial charge in [-0.05, 0) is 43.7 Å². The van der Waals surface area contributed by atoms with Crippen molar-refractivity contribution in [1.82, 2.24) is 0 Å². The Labute approximate surface area is 130 Å². The zero-order valence-electron chi connectivity index (χ0n) is 11.6. The van der Waals surface area contributed by atoms with Crippen LogP contribution in [0.15, 0.2) is 39.4 Å². The van der Waals surface area contributed by atoms with E-state index < -0.39 is 11.9 Å². The molecule has 0 atom stereocenters. The molecule has 0 saturated heterocycles. The first-order valence-electron chi connectivity index (χ1n) is 6.24. The number of hydrogen-bond acceptors (Lipinski definition) is 4. The second-order valence-corrected chi connectivity index (χ2v) is 5.38. The summed E-state index contributed by atoms with van der Waals surface area (Å²) >= 11 is 3.38. The number of rotatable bonds is 4. The van der Waals surface area contributed by atoms with Gasteiger partial charge in [-0.25, -0.2) is 4.79 Å². The van der Waals surface area contributed by atoms with Gasteiger partial charge >= 0.3 is 5.97 Å². The molecule has 0 aliphatic rings. The van der Waals surface area contributed by atoms with Crippen molar-refractivity contribution in [3.05, 3.63) is 51.9 Å². The fourth-order valence-corrected chi connectivity index (χ4v) is 1.94. The van der Waals surface area contributed by atoms with E-state index in [1.54, 1.807) is 19.1 Å². The monoisotopic (exact) mass is 351 g/mol. The first kappa shape index (κ1) is 15.3. The molecule has 21 heavy (non-hydrogen) atoms. The van der Waals surface area contributed by atoms with Crippen molar-refractivity contribution < 1.29 is 18.7 Å². The van der Waals surface area contributed by atoms with Crippen LogP contribution < -0.4 is 5.32 Å². The minimum atomic E-state index is -0.653. The Morgan fingerprint density at radius 1 is 1.24 bits per heavy atom. The number of carbonyl (C=O) groups excluding carboxylic acids is 2. The fourth-order valence-electron chi connectivity index (χ4n) is 1.70. The van der Waals surface area contributed by atoms with E-state index in [-0.39, 0.29) is 12.4 Å². The molecular weight excluding hydrogens is 338 g/mol. The average Bonchev–Trinajstić information content (AvgIpc) is 2.86. The van der Waals surface area contributed by atoms with Crippen LogP contribution in [0.5, 0.6) is 0 Å². The van der Waals surface area contributed by atoms with E-state index in [2.05, 4.69) is 21.2 Å². The van der Waals surface area contributed by atoms with Crippen molar-refractivity contribution in [2.24, 2.45) is 0 Å². The number of carbonyl (C=O) groups is 2. The zero-order valence-corrected chi connectivity index (χ0v) is 13.2. The summed E-state index contributed by atoms with van der Waals surface area (Å²) in [6.07, 6.45) is 1.40. The molecule has 0 fully saturated rings. The number of ether oxygens (including phenoxy) is 1. The van der Waals surface area contributed by atoms with Gasteiger partial charge in [-0.15, -0.1) is 0 Å². The Kier molecular flexibility index (Phi) is 4.80. The SMILES string of the molecule is Cc1cc(NC(=O)COC(=O)c2occc2C)ccc1Br. The highest BCUT2D eigenvalue weighted by molar-refractivity contribution is 9.10. The predicted molar refractivity (Wildman–Crippen MR) is 81.2 cm³/mol. The van der Waals surface area contributed by atoms with E-state index in [4.69, 9.17) is 9.15 Å². The predicted octanol–water partition coefficient (Wildman–Crippen LogP) is 3.45. The van der Waals surface area contributed by atoms with Crippen molar-refractivity contribution in [1.29, 1.82) is 0 Å². The lowest BCUT2D eigenvalue weighted by molar-refractivity contribution is -0.119. The van der Waals surface area contributed by atoms with Crippen molar-refractivity contribution in [2.45, 2.75) is 13.8 Å². The third-order valence-electron chi connectivity index (χ3n) is 2.82. The Morgan fingerprint density at radius 2 is 2.00 bits per heavy atom. The van der Waals surface area contributed by atoms with Gasteiger partial charge in [0.2, 0.25) is 5.76 Å². The van der Waals surface area contributed by atoms with E-state index in [0.29, 0.717) is 11.3 Å². The highest BCUT2D eigenvalue weighted by Gasteiger charge is 2.15. The Morgan fingerprint density at radius 3 is 2.62 bits per heavy atom. The molecule has 110 valence electrons. The lowest BCUT2D eigenvalue weighted by Gasteiger charge is -2.07. The van der Waals surface area contributed by atoms with Crippen LogP contribution in [0.1, 0.15) is 21.7 Å². The largest absolute Gasteiger partial charge is 0.457 e. The van der Waals surface area contributed by atoms with Crippen LogP contribution in [0.2, 0.25) is 0 Å². The summed E-state index contributed by atoms with van der Waals surface area (Å²) in [6, 6.07) is 7.07. The molecule has 2 aromatic rings. The molecule has 0 aliphatic carbocycles. The second-order valence-electron chi connectivity index (χ2n) is 4.52. The number of halogens is 1. The molecule has 0 radical (unpaired) electrons. The number of benzene rings is 1. The normalized spacial score (nSPS) is 10.2. The van der Waals surface area contributed by atoms with Gasteiger partial charge in [-0.3, -0.25) is 4.79 Å². The van der Waals surface area contributed by atoms with Gasteiger partial charge in [-0.1, -0.05) is 15.9 Å². The number of hydrogen-bond donors (Lipinski definition) is 1. The maximum Gasteiger partial charge on any atom is 0.375 e. The third kappa shape index (κ3) is 3.95. The van der Waals surface area contributed by atoms with Crippen LogP contribution in [-0.4, -0.2) is 18.5 Å². The molecule has 0 aliphatic heterocycles. The molecule has 2 rings (SSSR count). The van der Waals surface area contributed by atoms with Crippen LogP contribution in [0.25, 0.3) is 0 Å². The molecule has 1 aromatic heterocycles. The molecular formula is C15H14BrNO4. The summed E-state index contributed by atoms with van der Waals surface area (Å²) in [5.74, 6) is -0.948. The van der Waals surface area contributed by atoms with E-state index in [0.717, 1.165) is 10.0 Å². The highest BCUT2D eigenvalue weighted by atomic mass is 79.9. The van der Waals surface area contributed by atoms with Crippen molar-refractivity contribution in [3.8, 4) is 0 Å². The van der Waals surface area contributed by atoms with Gasteiger partial charge in [0.25, 0.3) is 5.91 Å². The van der Waals surface area contributed by atoms with E-state index >= 15 is 0 Å². The molecule has 1 amide bonds. The van der Waals surface area contributed by atoms with Gasteiger partial charge in [-0.2, -0.15) is 0 Å². The van der Waals surface area contributed by atoms with E-state index in [9.17, 15) is 9.59 Å². The van der Waals surface area contributed by atoms with Crippen molar-refractivity contribution >= 4 is 33.5 Å². The summed E-state index contributed by atoms with van der Waals surface area (Å²) in [7, 11) is 0. The molecule has 1 N–H and O–H groups in total. The molecule has 1 aromatic carbocycles. The summed E-state index contributed by atoms with van der Waals surface area (Å²) in [5, 5.41) is 2.66. The molecule has 6 heteroatoms. The average molecular weight is 352 g/mol. The summed E-state index contributed by atoms with van der Waals surface area (Å²) < 4.78 is 10.9. The topological polar surface area (TPSA) is 68.5 Å². The van der Waals surface area contributed by atoms with Gasteiger partial charge in [0.05, 0.1) is 6.26 Å². The zero-order chi connectivity index (χ0) is 15.4. The van der Waals surface area contributed by atoms with Crippen LogP contribution in [0.3, 0.4) is 0 Å². The molecule has 5 nitrogen and oxygen atoms in total. The third-order valence-corrected chi connectivity index (χ3v) is 3.71. The van der Waals surface area contributed by atoms with Crippen LogP contribution >= 0.6 is 15.9 Å². The number of anilines is 1. The first-order valence-corrected chi connectivity index (χ1v) is 7.04. The fraction of sp³-hybridized carbons (Fsp3) is 0.200. The number of esters is 1. The molecule has 0 spiro atoms. The highest BCUT2D eigenvalue weighted by Crippen LogP contribution is 2.20. The van der Waals surface area contributed by atoms with Crippen LogP contribution in [0.4, 0.5) is 5.69 Å². The smallest absolute Gasteiger partial charge is 0.375 e. The van der Waals surface area contributed by atoms with Crippen LogP contribution in [-0.2, 0) is 9.53 Å². The van der Waals surface area contributed by atoms with Gasteiger partial charge < -0.3 is 14.5 Å². The Balaban J connectivity index is 1.89. The lowest BCUT2D eigenvalue weighted by atomic mass is 10.2. The summed E-state index contributed by atoms with van der Waals surface area (Å²) in [6.45, 7) is 3.28. The summed E-state index contributed by atoms with van der Waals surface area (Å²) in [4.78, 5) is 23.4. The van der Waals surface area contributed by atoms with Crippen molar-refractivity contribution in [3.63, 3.8) is 0 Å². The van der Waals surface area contributed by atoms with Crippen molar-refractivity contribution in [2.75, 3.05) is 11.9 Å². The molecule has 1 heterocycles. The lowest BCUT2D eigenvalue weighted by Crippen LogP contribution is -2.21. The molecule has 0 unspecified atom stereocenters. The van der Waals surface area contributed by atoms with E-state index in [1.165, 1.54) is 6.26 Å². The standard InChI is InChI=1S/C15H14BrNO4/c1-9-5-6-20-14(9)15(19)21-8-13(18)17-11-3-4-12(16)10(2)7-11/h3-7H,8H2,1-2H3,(H,17,18). The quantitative estimate of drug-likeness (QED) is 0.856. The second kappa shape index (κ2) is 6.58. The number of aryl methyl sites for hydroxylation is 2. The number of nitrogens with one attached hydrogen (secondary N) is 1. The molecule has 0 bridgehead atoms. The number of amides is 1. The summed E-state index contributed by atoms with van der Waals surface area (Å²) in [5.41, 5.74) is 2.31. The minimum Gasteiger partial charge on any atom is -0.457 e. The van der Waals surface area contributed by atoms with E-state index in [1.807, 2.05) is 19.1 Å². The maximum absolute atomic E-state index is 11.7. The van der Waals surface area contributed by atoms with Gasteiger partial charge in [0.15, 0.2) is 6.61 Å². The Hall–Kier alpha value is -2.08.